The number of hydrogen-bond acceptors (Lipinski definition) is 2. The standard InChI is InChI=1S/C10H12Cl2N2O/c1-6(15)14(3)10-5-8(12)7(11)4-9(10)13-2/h4-5,13H,1-3H3. The van der Waals surface area contributed by atoms with Crippen LogP contribution >= 0.6 is 23.2 Å². The van der Waals surface area contributed by atoms with Gasteiger partial charge in [-0.1, -0.05) is 23.2 Å². The molecule has 0 spiro atoms. The third-order valence-electron chi connectivity index (χ3n) is 2.14. The van der Waals surface area contributed by atoms with Gasteiger partial charge in [-0.3, -0.25) is 4.79 Å². The number of hydrogen-bond donors (Lipinski definition) is 1. The van der Waals surface area contributed by atoms with Crippen LogP contribution in [0.4, 0.5) is 11.4 Å². The summed E-state index contributed by atoms with van der Waals surface area (Å²) in [6.45, 7) is 1.49. The molecule has 0 aromatic heterocycles. The summed E-state index contributed by atoms with van der Waals surface area (Å²) < 4.78 is 0. The number of carbonyl (C=O) groups excluding carboxylic acids is 1. The van der Waals surface area contributed by atoms with Gasteiger partial charge in [0.1, 0.15) is 0 Å². The lowest BCUT2D eigenvalue weighted by Gasteiger charge is -2.19. The molecule has 82 valence electrons. The Kier molecular flexibility index (Phi) is 3.83. The van der Waals surface area contributed by atoms with Crippen molar-refractivity contribution in [2.45, 2.75) is 6.92 Å². The van der Waals surface area contributed by atoms with Crippen molar-refractivity contribution in [1.82, 2.24) is 0 Å². The number of nitrogens with one attached hydrogen (secondary N) is 1. The Morgan fingerprint density at radius 1 is 1.33 bits per heavy atom. The van der Waals surface area contributed by atoms with Crippen molar-refractivity contribution in [1.29, 1.82) is 0 Å². The highest BCUT2D eigenvalue weighted by molar-refractivity contribution is 6.42. The van der Waals surface area contributed by atoms with Gasteiger partial charge in [-0.25, -0.2) is 0 Å². The molecule has 5 heteroatoms. The zero-order chi connectivity index (χ0) is 11.6. The summed E-state index contributed by atoms with van der Waals surface area (Å²) >= 11 is 11.8. The van der Waals surface area contributed by atoms with Crippen LogP contribution in [0.15, 0.2) is 12.1 Å². The largest absolute Gasteiger partial charge is 0.386 e. The zero-order valence-electron chi connectivity index (χ0n) is 8.77. The summed E-state index contributed by atoms with van der Waals surface area (Å²) in [7, 11) is 3.44. The fourth-order valence-corrected chi connectivity index (χ4v) is 1.51. The average molecular weight is 247 g/mol. The third kappa shape index (κ3) is 2.55. The summed E-state index contributed by atoms with van der Waals surface area (Å²) in [5.74, 6) is -0.0649. The molecule has 1 rings (SSSR count). The van der Waals surface area contributed by atoms with Gasteiger partial charge in [0.2, 0.25) is 5.91 Å². The predicted molar refractivity (Wildman–Crippen MR) is 65.1 cm³/mol. The molecular formula is C10H12Cl2N2O. The minimum absolute atomic E-state index is 0.0649. The molecule has 1 amide bonds. The van der Waals surface area contributed by atoms with Gasteiger partial charge in [0.05, 0.1) is 21.4 Å². The van der Waals surface area contributed by atoms with Crippen LogP contribution in [-0.4, -0.2) is 20.0 Å². The van der Waals surface area contributed by atoms with E-state index in [4.69, 9.17) is 23.2 Å². The molecule has 15 heavy (non-hydrogen) atoms. The number of carbonyl (C=O) groups is 1. The van der Waals surface area contributed by atoms with Crippen LogP contribution in [0.5, 0.6) is 0 Å². The van der Waals surface area contributed by atoms with Crippen molar-refractivity contribution < 1.29 is 4.79 Å². The SMILES string of the molecule is CNc1cc(Cl)c(Cl)cc1N(C)C(C)=O. The molecule has 0 saturated carbocycles. The Balaban J connectivity index is 3.27. The quantitative estimate of drug-likeness (QED) is 0.871. The lowest BCUT2D eigenvalue weighted by molar-refractivity contribution is -0.116. The second-order valence-electron chi connectivity index (χ2n) is 3.11. The van der Waals surface area contributed by atoms with Crippen molar-refractivity contribution in [3.63, 3.8) is 0 Å². The second kappa shape index (κ2) is 4.73. The van der Waals surface area contributed by atoms with E-state index in [1.165, 1.54) is 11.8 Å². The Bertz CT molecular complexity index is 393. The Hall–Kier alpha value is -0.930. The van der Waals surface area contributed by atoms with Crippen molar-refractivity contribution >= 4 is 40.5 Å². The number of benzene rings is 1. The minimum atomic E-state index is -0.0649. The number of anilines is 2. The van der Waals surface area contributed by atoms with E-state index >= 15 is 0 Å². The molecule has 0 heterocycles. The lowest BCUT2D eigenvalue weighted by Crippen LogP contribution is -2.23. The fraction of sp³-hybridized carbons (Fsp3) is 0.300. The fourth-order valence-electron chi connectivity index (χ4n) is 1.18. The van der Waals surface area contributed by atoms with Crippen LogP contribution in [0.1, 0.15) is 6.92 Å². The van der Waals surface area contributed by atoms with Gasteiger partial charge >= 0.3 is 0 Å². The van der Waals surface area contributed by atoms with Crippen LogP contribution in [0.25, 0.3) is 0 Å². The Morgan fingerprint density at radius 2 is 1.87 bits per heavy atom. The number of rotatable bonds is 2. The maximum absolute atomic E-state index is 11.2. The monoisotopic (exact) mass is 246 g/mol. The molecule has 0 aliphatic rings. The summed E-state index contributed by atoms with van der Waals surface area (Å²) in [6, 6.07) is 3.36. The van der Waals surface area contributed by atoms with Gasteiger partial charge in [0.15, 0.2) is 0 Å². The van der Waals surface area contributed by atoms with Gasteiger partial charge in [0.25, 0.3) is 0 Å². The molecule has 0 aliphatic heterocycles. The second-order valence-corrected chi connectivity index (χ2v) is 3.93. The van der Waals surface area contributed by atoms with Gasteiger partial charge in [-0.05, 0) is 12.1 Å². The van der Waals surface area contributed by atoms with Crippen LogP contribution in [0, 0.1) is 0 Å². The average Bonchev–Trinajstić information content (AvgIpc) is 2.20. The van der Waals surface area contributed by atoms with Crippen molar-refractivity contribution in [3.8, 4) is 0 Å². The first kappa shape index (κ1) is 12.1. The Morgan fingerprint density at radius 3 is 2.33 bits per heavy atom. The van der Waals surface area contributed by atoms with E-state index < -0.39 is 0 Å². The Labute approximate surface area is 99.0 Å². The zero-order valence-corrected chi connectivity index (χ0v) is 10.3. The molecule has 0 unspecified atom stereocenters. The van der Waals surface area contributed by atoms with Crippen LogP contribution in [0.2, 0.25) is 10.0 Å². The molecule has 3 nitrogen and oxygen atoms in total. The van der Waals surface area contributed by atoms with E-state index in [2.05, 4.69) is 5.32 Å². The van der Waals surface area contributed by atoms with E-state index in [0.717, 1.165) is 5.69 Å². The predicted octanol–water partition coefficient (Wildman–Crippen LogP) is 3.02. The molecular weight excluding hydrogens is 235 g/mol. The first-order valence-electron chi connectivity index (χ1n) is 4.38. The number of amides is 1. The van der Waals surface area contributed by atoms with Gasteiger partial charge in [-0.15, -0.1) is 0 Å². The first-order chi connectivity index (χ1) is 6.97. The van der Waals surface area contributed by atoms with E-state index in [0.29, 0.717) is 15.7 Å². The van der Waals surface area contributed by atoms with E-state index in [1.54, 1.807) is 26.2 Å². The van der Waals surface area contributed by atoms with Gasteiger partial charge in [-0.2, -0.15) is 0 Å². The van der Waals surface area contributed by atoms with Crippen molar-refractivity contribution in [2.24, 2.45) is 0 Å². The molecule has 0 saturated heterocycles. The molecule has 1 aromatic rings. The molecule has 0 aliphatic carbocycles. The van der Waals surface area contributed by atoms with Gasteiger partial charge in [0, 0.05) is 21.0 Å². The highest BCUT2D eigenvalue weighted by Crippen LogP contribution is 2.34. The number of nitrogens with zero attached hydrogens (tertiary/aromatic N) is 1. The summed E-state index contributed by atoms with van der Waals surface area (Å²) in [5.41, 5.74) is 1.47. The normalized spacial score (nSPS) is 9.93. The van der Waals surface area contributed by atoms with Crippen LogP contribution in [-0.2, 0) is 4.79 Å². The number of halogens is 2. The maximum Gasteiger partial charge on any atom is 0.223 e. The summed E-state index contributed by atoms with van der Waals surface area (Å²) in [4.78, 5) is 12.7. The van der Waals surface area contributed by atoms with E-state index in [1.807, 2.05) is 0 Å². The third-order valence-corrected chi connectivity index (χ3v) is 2.86. The molecule has 0 radical (unpaired) electrons. The maximum atomic E-state index is 11.2. The highest BCUT2D eigenvalue weighted by Gasteiger charge is 2.12. The molecule has 1 aromatic carbocycles. The summed E-state index contributed by atoms with van der Waals surface area (Å²) in [5, 5.41) is 3.85. The molecule has 0 atom stereocenters. The van der Waals surface area contributed by atoms with Crippen molar-refractivity contribution in [2.75, 3.05) is 24.3 Å². The van der Waals surface area contributed by atoms with E-state index in [9.17, 15) is 4.79 Å². The van der Waals surface area contributed by atoms with Gasteiger partial charge < -0.3 is 10.2 Å². The minimum Gasteiger partial charge on any atom is -0.386 e. The highest BCUT2D eigenvalue weighted by atomic mass is 35.5. The topological polar surface area (TPSA) is 32.3 Å². The first-order valence-corrected chi connectivity index (χ1v) is 5.14. The van der Waals surface area contributed by atoms with Crippen molar-refractivity contribution in [3.05, 3.63) is 22.2 Å². The smallest absolute Gasteiger partial charge is 0.223 e. The lowest BCUT2D eigenvalue weighted by atomic mass is 10.2. The molecule has 0 bridgehead atoms. The van der Waals surface area contributed by atoms with Crippen LogP contribution in [0.3, 0.4) is 0 Å². The van der Waals surface area contributed by atoms with Crippen LogP contribution < -0.4 is 10.2 Å². The summed E-state index contributed by atoms with van der Waals surface area (Å²) in [6.07, 6.45) is 0. The molecule has 0 fully saturated rings. The molecule has 1 N–H and O–H groups in total. The van der Waals surface area contributed by atoms with E-state index in [-0.39, 0.29) is 5.91 Å².